The van der Waals surface area contributed by atoms with Gasteiger partial charge in [-0.3, -0.25) is 0 Å². The number of rotatable bonds is 7. The number of unbranched alkanes of at least 4 members (excludes halogenated alkanes) is 1. The average Bonchev–Trinajstić information content (AvgIpc) is 2.53. The van der Waals surface area contributed by atoms with E-state index in [1.54, 1.807) is 25.4 Å². The van der Waals surface area contributed by atoms with E-state index in [-0.39, 0.29) is 0 Å². The lowest BCUT2D eigenvalue weighted by Gasteiger charge is -2.17. The van der Waals surface area contributed by atoms with E-state index < -0.39 is 0 Å². The molecule has 2 rings (SSSR count). The lowest BCUT2D eigenvalue weighted by Crippen LogP contribution is -2.20. The Labute approximate surface area is 135 Å². The molecule has 0 radical (unpaired) electrons. The second kappa shape index (κ2) is 7.79. The zero-order valence-electron chi connectivity index (χ0n) is 13.0. The van der Waals surface area contributed by atoms with Crippen molar-refractivity contribution in [2.75, 3.05) is 30.9 Å². The Balaban J connectivity index is 2.11. The highest BCUT2D eigenvalue weighted by molar-refractivity contribution is 6.32. The van der Waals surface area contributed by atoms with Gasteiger partial charge in [0.25, 0.3) is 0 Å². The quantitative estimate of drug-likeness (QED) is 0.842. The van der Waals surface area contributed by atoms with Gasteiger partial charge in [0.2, 0.25) is 5.95 Å². The minimum absolute atomic E-state index is 0.432. The van der Waals surface area contributed by atoms with E-state index >= 15 is 0 Å². The van der Waals surface area contributed by atoms with Crippen molar-refractivity contribution in [1.29, 1.82) is 0 Å². The third kappa shape index (κ3) is 4.21. The number of aromatic nitrogens is 3. The monoisotopic (exact) mass is 321 g/mol. The first-order valence-corrected chi connectivity index (χ1v) is 7.53. The molecule has 118 valence electrons. The Kier molecular flexibility index (Phi) is 5.77. The number of hydrogen-bond acceptors (Lipinski definition) is 6. The van der Waals surface area contributed by atoms with Crippen LogP contribution >= 0.6 is 11.6 Å². The second-order valence-corrected chi connectivity index (χ2v) is 5.29. The molecule has 1 heterocycles. The van der Waals surface area contributed by atoms with Gasteiger partial charge in [0, 0.05) is 19.3 Å². The molecule has 0 aliphatic rings. The van der Waals surface area contributed by atoms with Crippen molar-refractivity contribution in [2.45, 2.75) is 19.8 Å². The predicted molar refractivity (Wildman–Crippen MR) is 89.3 cm³/mol. The Morgan fingerprint density at radius 1 is 1.36 bits per heavy atom. The fourth-order valence-electron chi connectivity index (χ4n) is 1.91. The van der Waals surface area contributed by atoms with Gasteiger partial charge in [-0.15, -0.1) is 5.10 Å². The molecule has 0 bridgehead atoms. The molecule has 0 fully saturated rings. The van der Waals surface area contributed by atoms with E-state index in [2.05, 4.69) is 32.3 Å². The molecular formula is C15H20ClN5O. The number of methoxy groups -OCH3 is 1. The van der Waals surface area contributed by atoms with Crippen LogP contribution in [-0.2, 0) is 0 Å². The zero-order chi connectivity index (χ0) is 15.9. The molecular weight excluding hydrogens is 302 g/mol. The summed E-state index contributed by atoms with van der Waals surface area (Å²) in [6, 6.07) is 5.40. The lowest BCUT2D eigenvalue weighted by molar-refractivity contribution is 0.415. The maximum Gasteiger partial charge on any atom is 0.249 e. The molecule has 0 aliphatic heterocycles. The van der Waals surface area contributed by atoms with Crippen LogP contribution in [0.5, 0.6) is 5.75 Å². The molecule has 0 spiro atoms. The fourth-order valence-corrected chi connectivity index (χ4v) is 2.17. The highest BCUT2D eigenvalue weighted by Crippen LogP contribution is 2.28. The number of anilines is 3. The van der Waals surface area contributed by atoms with Crippen LogP contribution in [0.15, 0.2) is 24.4 Å². The van der Waals surface area contributed by atoms with Gasteiger partial charge in [-0.1, -0.05) is 24.9 Å². The fraction of sp³-hybridized carbons (Fsp3) is 0.400. The van der Waals surface area contributed by atoms with Crippen LogP contribution in [0.4, 0.5) is 17.5 Å². The summed E-state index contributed by atoms with van der Waals surface area (Å²) in [5.41, 5.74) is 0.779. The van der Waals surface area contributed by atoms with Gasteiger partial charge in [-0.25, -0.2) is 0 Å². The first-order valence-electron chi connectivity index (χ1n) is 7.15. The van der Waals surface area contributed by atoms with E-state index in [4.69, 9.17) is 16.3 Å². The Hall–Kier alpha value is -2.08. The second-order valence-electron chi connectivity index (χ2n) is 4.89. The van der Waals surface area contributed by atoms with Gasteiger partial charge in [0.15, 0.2) is 5.82 Å². The highest BCUT2D eigenvalue weighted by atomic mass is 35.5. The first-order chi connectivity index (χ1) is 10.6. The van der Waals surface area contributed by atoms with Gasteiger partial charge >= 0.3 is 0 Å². The topological polar surface area (TPSA) is 63.2 Å². The minimum Gasteiger partial charge on any atom is -0.495 e. The zero-order valence-corrected chi connectivity index (χ0v) is 13.8. The van der Waals surface area contributed by atoms with Gasteiger partial charge in [0.1, 0.15) is 5.75 Å². The summed E-state index contributed by atoms with van der Waals surface area (Å²) in [6.45, 7) is 3.09. The van der Waals surface area contributed by atoms with E-state index in [0.717, 1.165) is 30.9 Å². The van der Waals surface area contributed by atoms with E-state index in [9.17, 15) is 0 Å². The predicted octanol–water partition coefficient (Wildman–Crippen LogP) is 3.51. The molecule has 1 aromatic heterocycles. The SMILES string of the molecule is CCCCN(C)c1cnnc(Nc2ccc(OC)c(Cl)c2)n1. The summed E-state index contributed by atoms with van der Waals surface area (Å²) in [5.74, 6) is 1.84. The Bertz CT molecular complexity index is 623. The summed E-state index contributed by atoms with van der Waals surface area (Å²) in [5, 5.41) is 11.6. The number of nitrogens with zero attached hydrogens (tertiary/aromatic N) is 4. The van der Waals surface area contributed by atoms with Crippen molar-refractivity contribution in [3.05, 3.63) is 29.4 Å². The molecule has 0 amide bonds. The normalized spacial score (nSPS) is 10.4. The highest BCUT2D eigenvalue weighted by Gasteiger charge is 2.07. The molecule has 1 N–H and O–H groups in total. The third-order valence-electron chi connectivity index (χ3n) is 3.19. The van der Waals surface area contributed by atoms with Crippen LogP contribution < -0.4 is 15.0 Å². The van der Waals surface area contributed by atoms with Crippen molar-refractivity contribution in [1.82, 2.24) is 15.2 Å². The smallest absolute Gasteiger partial charge is 0.249 e. The van der Waals surface area contributed by atoms with Crippen molar-refractivity contribution >= 4 is 29.1 Å². The van der Waals surface area contributed by atoms with Crippen molar-refractivity contribution in [3.8, 4) is 5.75 Å². The summed E-state index contributed by atoms with van der Waals surface area (Å²) < 4.78 is 5.13. The average molecular weight is 322 g/mol. The number of benzene rings is 1. The van der Waals surface area contributed by atoms with Crippen molar-refractivity contribution < 1.29 is 4.74 Å². The van der Waals surface area contributed by atoms with Crippen molar-refractivity contribution in [3.63, 3.8) is 0 Å². The van der Waals surface area contributed by atoms with Crippen LogP contribution in [0.3, 0.4) is 0 Å². The molecule has 0 saturated carbocycles. The molecule has 0 atom stereocenters. The Morgan fingerprint density at radius 3 is 2.86 bits per heavy atom. The summed E-state index contributed by atoms with van der Waals surface area (Å²) in [4.78, 5) is 6.52. The van der Waals surface area contributed by atoms with Crippen LogP contribution in [-0.4, -0.2) is 35.9 Å². The molecule has 0 unspecified atom stereocenters. The Morgan fingerprint density at radius 2 is 2.18 bits per heavy atom. The molecule has 6 nitrogen and oxygen atoms in total. The lowest BCUT2D eigenvalue weighted by atomic mass is 10.3. The van der Waals surface area contributed by atoms with E-state index in [1.807, 2.05) is 13.1 Å². The molecule has 0 aliphatic carbocycles. The van der Waals surface area contributed by atoms with Crippen LogP contribution in [0.1, 0.15) is 19.8 Å². The summed E-state index contributed by atoms with van der Waals surface area (Å²) in [6.07, 6.45) is 3.90. The number of ether oxygens (including phenoxy) is 1. The molecule has 7 heteroatoms. The summed E-state index contributed by atoms with van der Waals surface area (Å²) >= 11 is 6.11. The maximum atomic E-state index is 6.11. The molecule has 1 aromatic carbocycles. The number of nitrogens with one attached hydrogen (secondary N) is 1. The minimum atomic E-state index is 0.432. The van der Waals surface area contributed by atoms with Gasteiger partial charge in [0.05, 0.1) is 18.3 Å². The third-order valence-corrected chi connectivity index (χ3v) is 3.49. The van der Waals surface area contributed by atoms with Crippen LogP contribution in [0, 0.1) is 0 Å². The molecule has 2 aromatic rings. The van der Waals surface area contributed by atoms with Gasteiger partial charge < -0.3 is 15.0 Å². The van der Waals surface area contributed by atoms with Crippen LogP contribution in [0.2, 0.25) is 5.02 Å². The number of halogens is 1. The maximum absolute atomic E-state index is 6.11. The largest absolute Gasteiger partial charge is 0.495 e. The summed E-state index contributed by atoms with van der Waals surface area (Å²) in [7, 11) is 3.57. The number of hydrogen-bond donors (Lipinski definition) is 1. The van der Waals surface area contributed by atoms with Crippen LogP contribution in [0.25, 0.3) is 0 Å². The van der Waals surface area contributed by atoms with Gasteiger partial charge in [-0.05, 0) is 24.6 Å². The standard InChI is InChI=1S/C15H20ClN5O/c1-4-5-8-21(2)14-10-17-20-15(19-14)18-11-6-7-13(22-3)12(16)9-11/h6-7,9-10H,4-5,8H2,1-3H3,(H,18,19,20). The first kappa shape index (κ1) is 16.3. The van der Waals surface area contributed by atoms with Crippen molar-refractivity contribution in [2.24, 2.45) is 0 Å². The van der Waals surface area contributed by atoms with Gasteiger partial charge in [-0.2, -0.15) is 10.1 Å². The van der Waals surface area contributed by atoms with E-state index in [1.165, 1.54) is 0 Å². The molecule has 0 saturated heterocycles. The molecule has 22 heavy (non-hydrogen) atoms. The van der Waals surface area contributed by atoms with E-state index in [0.29, 0.717) is 16.7 Å².